The highest BCUT2D eigenvalue weighted by molar-refractivity contribution is 4.84. The first kappa shape index (κ1) is 14.0. The van der Waals surface area contributed by atoms with E-state index in [0.717, 1.165) is 0 Å². The number of hydrogen-bond donors (Lipinski definition) is 1. The Balaban J connectivity index is 2.53. The van der Waals surface area contributed by atoms with Gasteiger partial charge in [-0.05, 0) is 25.2 Å². The maximum absolute atomic E-state index is 5.65. The van der Waals surface area contributed by atoms with E-state index in [1.807, 2.05) is 7.11 Å². The van der Waals surface area contributed by atoms with Crippen molar-refractivity contribution in [3.05, 3.63) is 0 Å². The van der Waals surface area contributed by atoms with E-state index < -0.39 is 0 Å². The van der Waals surface area contributed by atoms with Crippen LogP contribution in [0.4, 0.5) is 0 Å². The molecule has 0 aromatic heterocycles. The molecule has 1 rings (SSSR count). The van der Waals surface area contributed by atoms with Crippen molar-refractivity contribution in [2.24, 2.45) is 5.92 Å². The molecule has 1 N–H and O–H groups in total. The van der Waals surface area contributed by atoms with Crippen LogP contribution in [-0.4, -0.2) is 25.3 Å². The summed E-state index contributed by atoms with van der Waals surface area (Å²) in [7, 11) is 1.86. The Morgan fingerprint density at radius 2 is 1.88 bits per heavy atom. The third kappa shape index (κ3) is 4.06. The molecule has 0 spiro atoms. The molecule has 96 valence electrons. The lowest BCUT2D eigenvalue weighted by atomic mass is 9.97. The summed E-state index contributed by atoms with van der Waals surface area (Å²) in [6, 6.07) is 1.21. The summed E-state index contributed by atoms with van der Waals surface area (Å²) in [6.45, 7) is 6.88. The Labute approximate surface area is 101 Å². The second-order valence-corrected chi connectivity index (χ2v) is 5.44. The molecule has 0 radical (unpaired) electrons. The maximum atomic E-state index is 5.65. The summed E-state index contributed by atoms with van der Waals surface area (Å²) >= 11 is 0. The predicted molar refractivity (Wildman–Crippen MR) is 69.7 cm³/mol. The molecule has 1 saturated carbocycles. The minimum absolute atomic E-state index is 0.426. The molecule has 1 aliphatic carbocycles. The van der Waals surface area contributed by atoms with Crippen molar-refractivity contribution in [2.75, 3.05) is 7.11 Å². The van der Waals surface area contributed by atoms with E-state index >= 15 is 0 Å². The minimum Gasteiger partial charge on any atom is -0.380 e. The first-order valence-corrected chi connectivity index (χ1v) is 6.97. The molecule has 0 bridgehead atoms. The summed E-state index contributed by atoms with van der Waals surface area (Å²) in [5, 5.41) is 3.82. The number of ether oxygens (including phenoxy) is 1. The zero-order valence-electron chi connectivity index (χ0n) is 11.5. The van der Waals surface area contributed by atoms with Crippen LogP contribution in [0, 0.1) is 5.92 Å². The molecule has 0 heterocycles. The van der Waals surface area contributed by atoms with E-state index in [4.69, 9.17) is 4.74 Å². The molecular formula is C14H29NO. The van der Waals surface area contributed by atoms with Gasteiger partial charge in [0.25, 0.3) is 0 Å². The molecule has 1 aliphatic rings. The van der Waals surface area contributed by atoms with Crippen molar-refractivity contribution in [3.63, 3.8) is 0 Å². The predicted octanol–water partition coefficient (Wildman–Crippen LogP) is 3.36. The fourth-order valence-corrected chi connectivity index (χ4v) is 2.80. The maximum Gasteiger partial charge on any atom is 0.0724 e. The highest BCUT2D eigenvalue weighted by Gasteiger charge is 2.25. The Hall–Kier alpha value is -0.0800. The molecule has 0 aromatic carbocycles. The topological polar surface area (TPSA) is 21.3 Å². The van der Waals surface area contributed by atoms with Crippen LogP contribution in [0.3, 0.4) is 0 Å². The highest BCUT2D eigenvalue weighted by atomic mass is 16.5. The Morgan fingerprint density at radius 1 is 1.19 bits per heavy atom. The van der Waals surface area contributed by atoms with Crippen molar-refractivity contribution >= 4 is 0 Å². The molecule has 0 aromatic rings. The monoisotopic (exact) mass is 227 g/mol. The summed E-state index contributed by atoms with van der Waals surface area (Å²) in [5.41, 5.74) is 0. The van der Waals surface area contributed by atoms with Crippen LogP contribution in [-0.2, 0) is 4.74 Å². The van der Waals surface area contributed by atoms with Crippen LogP contribution in [0.2, 0.25) is 0 Å². The van der Waals surface area contributed by atoms with Crippen molar-refractivity contribution in [1.29, 1.82) is 0 Å². The van der Waals surface area contributed by atoms with Crippen molar-refractivity contribution in [1.82, 2.24) is 5.32 Å². The van der Waals surface area contributed by atoms with Crippen LogP contribution in [0.25, 0.3) is 0 Å². The van der Waals surface area contributed by atoms with Gasteiger partial charge in [0.2, 0.25) is 0 Å². The molecule has 3 atom stereocenters. The van der Waals surface area contributed by atoms with Gasteiger partial charge in [0.1, 0.15) is 0 Å². The van der Waals surface area contributed by atoms with Gasteiger partial charge >= 0.3 is 0 Å². The van der Waals surface area contributed by atoms with Gasteiger partial charge in [0.15, 0.2) is 0 Å². The number of rotatable bonds is 5. The van der Waals surface area contributed by atoms with Crippen LogP contribution in [0.5, 0.6) is 0 Å². The first-order chi connectivity index (χ1) is 7.69. The molecule has 0 amide bonds. The number of methoxy groups -OCH3 is 1. The van der Waals surface area contributed by atoms with E-state index in [-0.39, 0.29) is 0 Å². The zero-order valence-corrected chi connectivity index (χ0v) is 11.5. The number of nitrogens with one attached hydrogen (secondary N) is 1. The average Bonchev–Trinajstić information content (AvgIpc) is 2.49. The van der Waals surface area contributed by atoms with Crippen LogP contribution in [0.1, 0.15) is 59.3 Å². The fourth-order valence-electron chi connectivity index (χ4n) is 2.80. The van der Waals surface area contributed by atoms with Gasteiger partial charge in [-0.1, -0.05) is 40.0 Å². The lowest BCUT2D eigenvalue weighted by Crippen LogP contribution is -2.47. The van der Waals surface area contributed by atoms with E-state index in [2.05, 4.69) is 26.1 Å². The van der Waals surface area contributed by atoms with Gasteiger partial charge in [-0.3, -0.25) is 0 Å². The van der Waals surface area contributed by atoms with Crippen molar-refractivity contribution in [3.8, 4) is 0 Å². The number of hydrogen-bond acceptors (Lipinski definition) is 2. The van der Waals surface area contributed by atoms with Gasteiger partial charge in [-0.15, -0.1) is 0 Å². The average molecular weight is 227 g/mol. The molecule has 16 heavy (non-hydrogen) atoms. The normalized spacial score (nSPS) is 29.1. The minimum atomic E-state index is 0.426. The smallest absolute Gasteiger partial charge is 0.0724 e. The summed E-state index contributed by atoms with van der Waals surface area (Å²) in [4.78, 5) is 0. The van der Waals surface area contributed by atoms with Gasteiger partial charge in [-0.25, -0.2) is 0 Å². The molecular weight excluding hydrogens is 198 g/mol. The SMILES string of the molecule is CCC(NC1CCCCCC1OC)C(C)C. The van der Waals surface area contributed by atoms with E-state index in [1.165, 1.54) is 38.5 Å². The largest absolute Gasteiger partial charge is 0.380 e. The first-order valence-electron chi connectivity index (χ1n) is 6.97. The van der Waals surface area contributed by atoms with E-state index in [9.17, 15) is 0 Å². The molecule has 2 nitrogen and oxygen atoms in total. The molecule has 1 fully saturated rings. The van der Waals surface area contributed by atoms with Crippen molar-refractivity contribution in [2.45, 2.75) is 77.5 Å². The third-order valence-electron chi connectivity index (χ3n) is 3.93. The second kappa shape index (κ2) is 7.29. The fraction of sp³-hybridized carbons (Fsp3) is 1.00. The second-order valence-electron chi connectivity index (χ2n) is 5.44. The van der Waals surface area contributed by atoms with Gasteiger partial charge < -0.3 is 10.1 Å². The third-order valence-corrected chi connectivity index (χ3v) is 3.93. The van der Waals surface area contributed by atoms with Crippen LogP contribution >= 0.6 is 0 Å². The molecule has 0 aliphatic heterocycles. The van der Waals surface area contributed by atoms with Crippen molar-refractivity contribution < 1.29 is 4.74 Å². The Kier molecular flexibility index (Phi) is 6.37. The standard InChI is InChI=1S/C14H29NO/c1-5-12(11(2)3)15-13-9-7-6-8-10-14(13)16-4/h11-15H,5-10H2,1-4H3. The Morgan fingerprint density at radius 3 is 2.44 bits per heavy atom. The quantitative estimate of drug-likeness (QED) is 0.727. The lowest BCUT2D eigenvalue weighted by molar-refractivity contribution is 0.0563. The van der Waals surface area contributed by atoms with E-state index in [1.54, 1.807) is 0 Å². The van der Waals surface area contributed by atoms with Gasteiger partial charge in [0, 0.05) is 19.2 Å². The van der Waals surface area contributed by atoms with E-state index in [0.29, 0.717) is 24.1 Å². The van der Waals surface area contributed by atoms with Gasteiger partial charge in [-0.2, -0.15) is 0 Å². The Bertz CT molecular complexity index is 182. The lowest BCUT2D eigenvalue weighted by Gasteiger charge is -2.31. The summed E-state index contributed by atoms with van der Waals surface area (Å²) < 4.78 is 5.65. The van der Waals surface area contributed by atoms with Gasteiger partial charge in [0.05, 0.1) is 6.10 Å². The molecule has 3 unspecified atom stereocenters. The van der Waals surface area contributed by atoms with Crippen LogP contribution in [0.15, 0.2) is 0 Å². The molecule has 2 heteroatoms. The zero-order chi connectivity index (χ0) is 12.0. The summed E-state index contributed by atoms with van der Waals surface area (Å²) in [5.74, 6) is 0.714. The highest BCUT2D eigenvalue weighted by Crippen LogP contribution is 2.21. The molecule has 0 saturated heterocycles. The van der Waals surface area contributed by atoms with Crippen LogP contribution < -0.4 is 5.32 Å². The summed E-state index contributed by atoms with van der Waals surface area (Å²) in [6.07, 6.45) is 8.20.